The summed E-state index contributed by atoms with van der Waals surface area (Å²) in [4.78, 5) is 1.24. The lowest BCUT2D eigenvalue weighted by molar-refractivity contribution is 1.11. The molecule has 0 radical (unpaired) electrons. The smallest absolute Gasteiger partial charge is 0.0600 e. The molecular formula is C17H16N2S. The summed E-state index contributed by atoms with van der Waals surface area (Å²) in [6.45, 7) is 0. The standard InChI is InChI=1S/C17H16N2S/c1-18-12-10-14-6-5-9-17-16(14)11-13-19(17)20-15-7-3-2-4-8-15/h2-13,18H,1H3/b12-10+. The minimum absolute atomic E-state index is 1.23. The van der Waals surface area contributed by atoms with Gasteiger partial charge in [-0.05, 0) is 54.1 Å². The van der Waals surface area contributed by atoms with E-state index in [9.17, 15) is 0 Å². The Morgan fingerprint density at radius 1 is 1.00 bits per heavy atom. The predicted octanol–water partition coefficient (Wildman–Crippen LogP) is 4.39. The maximum Gasteiger partial charge on any atom is 0.0600 e. The van der Waals surface area contributed by atoms with Gasteiger partial charge in [-0.2, -0.15) is 0 Å². The number of aromatic nitrogens is 1. The van der Waals surface area contributed by atoms with Crippen LogP contribution in [0.4, 0.5) is 0 Å². The quantitative estimate of drug-likeness (QED) is 0.763. The molecule has 0 aliphatic carbocycles. The summed E-state index contributed by atoms with van der Waals surface area (Å²) >= 11 is 1.73. The first-order valence-corrected chi connectivity index (χ1v) is 7.33. The van der Waals surface area contributed by atoms with Gasteiger partial charge in [0.15, 0.2) is 0 Å². The molecule has 0 spiro atoms. The molecule has 3 heteroatoms. The van der Waals surface area contributed by atoms with Crippen LogP contribution in [0.3, 0.4) is 0 Å². The minimum Gasteiger partial charge on any atom is -0.394 e. The molecule has 1 aromatic heterocycles. The van der Waals surface area contributed by atoms with E-state index in [1.54, 1.807) is 11.9 Å². The van der Waals surface area contributed by atoms with Crippen molar-refractivity contribution in [2.24, 2.45) is 0 Å². The topological polar surface area (TPSA) is 17.0 Å². The second-order valence-corrected chi connectivity index (χ2v) is 5.50. The highest BCUT2D eigenvalue weighted by Gasteiger charge is 2.05. The molecule has 0 fully saturated rings. The molecule has 1 heterocycles. The molecule has 2 nitrogen and oxygen atoms in total. The fourth-order valence-electron chi connectivity index (χ4n) is 2.16. The Kier molecular flexibility index (Phi) is 3.79. The third-order valence-corrected chi connectivity index (χ3v) is 4.11. The highest BCUT2D eigenvalue weighted by molar-refractivity contribution is 7.98. The van der Waals surface area contributed by atoms with Gasteiger partial charge in [0, 0.05) is 23.5 Å². The highest BCUT2D eigenvalue weighted by Crippen LogP contribution is 2.28. The van der Waals surface area contributed by atoms with Crippen LogP contribution in [-0.2, 0) is 0 Å². The van der Waals surface area contributed by atoms with Gasteiger partial charge in [0.05, 0.1) is 5.52 Å². The summed E-state index contributed by atoms with van der Waals surface area (Å²) in [5, 5.41) is 4.30. The number of hydrogen-bond donors (Lipinski definition) is 1. The Balaban J connectivity index is 1.99. The fourth-order valence-corrected chi connectivity index (χ4v) is 3.04. The lowest BCUT2D eigenvalue weighted by Gasteiger charge is -2.05. The molecule has 100 valence electrons. The van der Waals surface area contributed by atoms with Crippen molar-refractivity contribution >= 4 is 28.9 Å². The third kappa shape index (κ3) is 2.58. The van der Waals surface area contributed by atoms with Crippen LogP contribution in [-0.4, -0.2) is 11.0 Å². The molecule has 2 aromatic carbocycles. The molecule has 0 aliphatic rings. The van der Waals surface area contributed by atoms with Crippen molar-refractivity contribution in [3.05, 3.63) is 72.6 Å². The zero-order chi connectivity index (χ0) is 13.8. The lowest BCUT2D eigenvalue weighted by Crippen LogP contribution is -1.90. The maximum absolute atomic E-state index is 3.03. The van der Waals surface area contributed by atoms with Gasteiger partial charge >= 0.3 is 0 Å². The first-order chi connectivity index (χ1) is 9.88. The first kappa shape index (κ1) is 12.9. The van der Waals surface area contributed by atoms with Crippen LogP contribution in [0.5, 0.6) is 0 Å². The Bertz CT molecular complexity index is 729. The number of nitrogens with one attached hydrogen (secondary N) is 1. The van der Waals surface area contributed by atoms with Gasteiger partial charge in [-0.25, -0.2) is 0 Å². The van der Waals surface area contributed by atoms with Gasteiger partial charge in [-0.1, -0.05) is 30.3 Å². The minimum atomic E-state index is 1.23. The van der Waals surface area contributed by atoms with Gasteiger partial charge in [-0.3, -0.25) is 3.97 Å². The Labute approximate surface area is 123 Å². The van der Waals surface area contributed by atoms with E-state index in [-0.39, 0.29) is 0 Å². The SMILES string of the molecule is CN/C=C/c1cccc2c1ccn2Sc1ccccc1. The average molecular weight is 280 g/mol. The first-order valence-electron chi connectivity index (χ1n) is 6.56. The van der Waals surface area contributed by atoms with Crippen molar-refractivity contribution in [3.63, 3.8) is 0 Å². The molecule has 0 amide bonds. The number of hydrogen-bond acceptors (Lipinski definition) is 2. The van der Waals surface area contributed by atoms with Crippen molar-refractivity contribution in [2.45, 2.75) is 4.90 Å². The maximum atomic E-state index is 3.03. The van der Waals surface area contributed by atoms with Gasteiger partial charge in [0.25, 0.3) is 0 Å². The third-order valence-electron chi connectivity index (χ3n) is 3.11. The Morgan fingerprint density at radius 2 is 1.85 bits per heavy atom. The molecule has 3 aromatic rings. The number of nitrogens with zero attached hydrogens (tertiary/aromatic N) is 1. The van der Waals surface area contributed by atoms with Crippen LogP contribution in [0.1, 0.15) is 5.56 Å². The summed E-state index contributed by atoms with van der Waals surface area (Å²) in [5.41, 5.74) is 2.46. The molecule has 0 unspecified atom stereocenters. The molecule has 3 rings (SSSR count). The second-order valence-electron chi connectivity index (χ2n) is 4.45. The summed E-state index contributed by atoms with van der Waals surface area (Å²) in [5.74, 6) is 0. The van der Waals surface area contributed by atoms with Crippen molar-refractivity contribution in [2.75, 3.05) is 7.05 Å². The van der Waals surface area contributed by atoms with Crippen LogP contribution in [0, 0.1) is 0 Å². The van der Waals surface area contributed by atoms with Gasteiger partial charge < -0.3 is 5.32 Å². The van der Waals surface area contributed by atoms with Gasteiger partial charge in [0.2, 0.25) is 0 Å². The number of fused-ring (bicyclic) bond motifs is 1. The van der Waals surface area contributed by atoms with Crippen LogP contribution in [0.15, 0.2) is 71.9 Å². The molecule has 0 atom stereocenters. The molecular weight excluding hydrogens is 264 g/mol. The Hall–Kier alpha value is -2.13. The van der Waals surface area contributed by atoms with E-state index in [1.807, 2.05) is 19.3 Å². The molecule has 0 saturated carbocycles. The Morgan fingerprint density at radius 3 is 2.65 bits per heavy atom. The highest BCUT2D eigenvalue weighted by atomic mass is 32.2. The summed E-state index contributed by atoms with van der Waals surface area (Å²) in [7, 11) is 1.91. The second kappa shape index (κ2) is 5.88. The molecule has 0 saturated heterocycles. The lowest BCUT2D eigenvalue weighted by atomic mass is 10.1. The zero-order valence-electron chi connectivity index (χ0n) is 11.3. The van der Waals surface area contributed by atoms with Crippen LogP contribution >= 0.6 is 11.9 Å². The molecule has 1 N–H and O–H groups in total. The van der Waals surface area contributed by atoms with Crippen LogP contribution in [0.25, 0.3) is 17.0 Å². The van der Waals surface area contributed by atoms with E-state index >= 15 is 0 Å². The molecule has 20 heavy (non-hydrogen) atoms. The summed E-state index contributed by atoms with van der Waals surface area (Å²) < 4.78 is 2.21. The molecule has 0 bridgehead atoms. The molecule has 0 aliphatic heterocycles. The van der Waals surface area contributed by atoms with E-state index in [2.05, 4.69) is 70.1 Å². The monoisotopic (exact) mass is 280 g/mol. The fraction of sp³-hybridized carbons (Fsp3) is 0.0588. The number of benzene rings is 2. The van der Waals surface area contributed by atoms with Crippen molar-refractivity contribution in [1.29, 1.82) is 0 Å². The van der Waals surface area contributed by atoms with E-state index < -0.39 is 0 Å². The largest absolute Gasteiger partial charge is 0.394 e. The van der Waals surface area contributed by atoms with Crippen molar-refractivity contribution in [3.8, 4) is 0 Å². The van der Waals surface area contributed by atoms with E-state index in [4.69, 9.17) is 0 Å². The average Bonchev–Trinajstić information content (AvgIpc) is 2.90. The summed E-state index contributed by atoms with van der Waals surface area (Å²) in [6.07, 6.45) is 6.18. The predicted molar refractivity (Wildman–Crippen MR) is 87.7 cm³/mol. The van der Waals surface area contributed by atoms with Gasteiger partial charge in [-0.15, -0.1) is 0 Å². The van der Waals surface area contributed by atoms with Crippen molar-refractivity contribution in [1.82, 2.24) is 9.29 Å². The van der Waals surface area contributed by atoms with Crippen LogP contribution in [0.2, 0.25) is 0 Å². The van der Waals surface area contributed by atoms with Crippen molar-refractivity contribution < 1.29 is 0 Å². The summed E-state index contributed by atoms with van der Waals surface area (Å²) in [6, 6.07) is 19.0. The normalized spacial score (nSPS) is 11.2. The van der Waals surface area contributed by atoms with Gasteiger partial charge in [0.1, 0.15) is 0 Å². The zero-order valence-corrected chi connectivity index (χ0v) is 12.1. The van der Waals surface area contributed by atoms with E-state index in [1.165, 1.54) is 21.4 Å². The number of rotatable bonds is 4. The van der Waals surface area contributed by atoms with Crippen LogP contribution < -0.4 is 5.32 Å². The van der Waals surface area contributed by atoms with E-state index in [0.717, 1.165) is 0 Å². The van der Waals surface area contributed by atoms with E-state index in [0.29, 0.717) is 0 Å².